The number of carbonyl (C=O) groups excluding carboxylic acids is 1. The summed E-state index contributed by atoms with van der Waals surface area (Å²) in [6, 6.07) is 10.1. The first kappa shape index (κ1) is 16.7. The Morgan fingerprint density at radius 3 is 2.41 bits per heavy atom. The first-order valence-corrected chi connectivity index (χ1v) is 8.03. The number of nitrogens with zero attached hydrogens (tertiary/aromatic N) is 2. The van der Waals surface area contributed by atoms with E-state index in [-0.39, 0.29) is 12.1 Å². The van der Waals surface area contributed by atoms with Crippen LogP contribution in [-0.4, -0.2) is 52.2 Å². The zero-order valence-corrected chi connectivity index (χ0v) is 14.5. The van der Waals surface area contributed by atoms with Crippen LogP contribution in [0, 0.1) is 0 Å². The van der Waals surface area contributed by atoms with Crippen LogP contribution in [0.2, 0.25) is 0 Å². The molecule has 1 saturated heterocycles. The Balaban J connectivity index is 1.98. The molecular formula is C17H24N2O2S. The van der Waals surface area contributed by atoms with Crippen LogP contribution >= 0.6 is 12.2 Å². The van der Waals surface area contributed by atoms with E-state index in [1.807, 2.05) is 58.0 Å². The van der Waals surface area contributed by atoms with E-state index in [1.165, 1.54) is 0 Å². The number of hydrogen-bond acceptors (Lipinski definition) is 3. The highest BCUT2D eigenvalue weighted by molar-refractivity contribution is 7.80. The molecular weight excluding hydrogens is 296 g/mol. The van der Waals surface area contributed by atoms with Gasteiger partial charge in [0.25, 0.3) is 0 Å². The van der Waals surface area contributed by atoms with E-state index in [4.69, 9.17) is 17.0 Å². The van der Waals surface area contributed by atoms with Crippen LogP contribution in [0.1, 0.15) is 33.3 Å². The largest absolute Gasteiger partial charge is 0.444 e. The van der Waals surface area contributed by atoms with E-state index in [0.29, 0.717) is 6.54 Å². The molecule has 0 bridgehead atoms. The zero-order valence-electron chi connectivity index (χ0n) is 13.7. The van der Waals surface area contributed by atoms with E-state index in [0.717, 1.165) is 23.6 Å². The molecule has 1 amide bonds. The Kier molecular flexibility index (Phi) is 5.06. The maximum atomic E-state index is 12.2. The van der Waals surface area contributed by atoms with Gasteiger partial charge in [-0.05, 0) is 27.7 Å². The molecule has 0 aliphatic carbocycles. The maximum absolute atomic E-state index is 12.2. The number of rotatable bonds is 1. The molecule has 22 heavy (non-hydrogen) atoms. The van der Waals surface area contributed by atoms with Gasteiger partial charge in [-0.1, -0.05) is 42.5 Å². The second kappa shape index (κ2) is 6.65. The van der Waals surface area contributed by atoms with E-state index in [9.17, 15) is 4.79 Å². The quantitative estimate of drug-likeness (QED) is 0.743. The van der Waals surface area contributed by atoms with Crippen LogP contribution in [0.5, 0.6) is 0 Å². The van der Waals surface area contributed by atoms with Crippen molar-refractivity contribution in [2.75, 3.05) is 19.6 Å². The van der Waals surface area contributed by atoms with Crippen molar-refractivity contribution in [3.8, 4) is 0 Å². The Bertz CT molecular complexity index is 539. The van der Waals surface area contributed by atoms with Gasteiger partial charge in [0.1, 0.15) is 10.6 Å². The molecule has 1 fully saturated rings. The Labute approximate surface area is 138 Å². The number of carbonyl (C=O) groups is 1. The van der Waals surface area contributed by atoms with Crippen molar-refractivity contribution in [2.45, 2.75) is 39.3 Å². The standard InChI is InChI=1S/C17H24N2O2S/c1-13-12-18(15(22)14-8-6-5-7-9-14)10-11-19(13)16(20)21-17(2,3)4/h5-9,13H,10-12H2,1-4H3/t13-/m1/s1. The third-order valence-electron chi connectivity index (χ3n) is 3.56. The minimum absolute atomic E-state index is 0.0743. The molecule has 0 aromatic heterocycles. The van der Waals surface area contributed by atoms with Crippen molar-refractivity contribution in [2.24, 2.45) is 0 Å². The molecule has 1 aliphatic heterocycles. The SMILES string of the molecule is C[C@@H]1CN(C(=S)c2ccccc2)CCN1C(=O)OC(C)(C)C. The van der Waals surface area contributed by atoms with Crippen molar-refractivity contribution in [3.63, 3.8) is 0 Å². The molecule has 5 heteroatoms. The van der Waals surface area contributed by atoms with E-state index in [1.54, 1.807) is 4.90 Å². The van der Waals surface area contributed by atoms with Crippen LogP contribution in [0.25, 0.3) is 0 Å². The fourth-order valence-electron chi connectivity index (χ4n) is 2.50. The lowest BCUT2D eigenvalue weighted by atomic mass is 10.1. The summed E-state index contributed by atoms with van der Waals surface area (Å²) < 4.78 is 5.46. The average molecular weight is 320 g/mol. The van der Waals surface area contributed by atoms with Crippen molar-refractivity contribution < 1.29 is 9.53 Å². The van der Waals surface area contributed by atoms with Crippen molar-refractivity contribution in [3.05, 3.63) is 35.9 Å². The van der Waals surface area contributed by atoms with Gasteiger partial charge in [0.2, 0.25) is 0 Å². The predicted octanol–water partition coefficient (Wildman–Crippen LogP) is 3.30. The molecule has 0 N–H and O–H groups in total. The Morgan fingerprint density at radius 1 is 1.23 bits per heavy atom. The summed E-state index contributed by atoms with van der Waals surface area (Å²) in [7, 11) is 0. The third kappa shape index (κ3) is 4.19. The molecule has 2 rings (SSSR count). The molecule has 0 saturated carbocycles. The molecule has 0 unspecified atom stereocenters. The summed E-state index contributed by atoms with van der Waals surface area (Å²) >= 11 is 5.58. The Morgan fingerprint density at radius 2 is 1.86 bits per heavy atom. The van der Waals surface area contributed by atoms with E-state index in [2.05, 4.69) is 4.90 Å². The van der Waals surface area contributed by atoms with E-state index >= 15 is 0 Å². The number of ether oxygens (including phenoxy) is 1. The summed E-state index contributed by atoms with van der Waals surface area (Å²) in [5, 5.41) is 0. The first-order valence-electron chi connectivity index (χ1n) is 7.62. The van der Waals surface area contributed by atoms with Crippen LogP contribution in [0.15, 0.2) is 30.3 Å². The maximum Gasteiger partial charge on any atom is 0.410 e. The van der Waals surface area contributed by atoms with Gasteiger partial charge < -0.3 is 14.5 Å². The molecule has 4 nitrogen and oxygen atoms in total. The molecule has 0 radical (unpaired) electrons. The van der Waals surface area contributed by atoms with Crippen molar-refractivity contribution in [1.29, 1.82) is 0 Å². The second-order valence-electron chi connectivity index (χ2n) is 6.64. The lowest BCUT2D eigenvalue weighted by Crippen LogP contribution is -2.56. The van der Waals surface area contributed by atoms with Crippen LogP contribution in [0.4, 0.5) is 4.79 Å². The summed E-state index contributed by atoms with van der Waals surface area (Å²) in [4.78, 5) is 17.0. The van der Waals surface area contributed by atoms with Gasteiger partial charge >= 0.3 is 6.09 Å². The number of benzene rings is 1. The van der Waals surface area contributed by atoms with Gasteiger partial charge in [-0.2, -0.15) is 0 Å². The lowest BCUT2D eigenvalue weighted by Gasteiger charge is -2.41. The van der Waals surface area contributed by atoms with Gasteiger partial charge in [0, 0.05) is 31.2 Å². The van der Waals surface area contributed by atoms with Gasteiger partial charge in [0.05, 0.1) is 0 Å². The van der Waals surface area contributed by atoms with Gasteiger partial charge in [-0.3, -0.25) is 0 Å². The minimum Gasteiger partial charge on any atom is -0.444 e. The summed E-state index contributed by atoms with van der Waals surface area (Å²) in [6.45, 7) is 9.78. The summed E-state index contributed by atoms with van der Waals surface area (Å²) in [5.74, 6) is 0. The number of amides is 1. The molecule has 1 atom stereocenters. The van der Waals surface area contributed by atoms with Crippen LogP contribution in [0.3, 0.4) is 0 Å². The minimum atomic E-state index is -0.465. The highest BCUT2D eigenvalue weighted by Crippen LogP contribution is 2.17. The summed E-state index contributed by atoms with van der Waals surface area (Å²) in [5.41, 5.74) is 0.586. The van der Waals surface area contributed by atoms with Gasteiger partial charge in [0.15, 0.2) is 0 Å². The third-order valence-corrected chi connectivity index (χ3v) is 4.06. The smallest absolute Gasteiger partial charge is 0.410 e. The number of thiocarbonyl (C=S) groups is 1. The first-order chi connectivity index (χ1) is 10.3. The fraction of sp³-hybridized carbons (Fsp3) is 0.529. The number of hydrogen-bond donors (Lipinski definition) is 0. The van der Waals surface area contributed by atoms with Gasteiger partial charge in [-0.25, -0.2) is 4.79 Å². The van der Waals surface area contributed by atoms with Crippen molar-refractivity contribution in [1.82, 2.24) is 9.80 Å². The number of piperazine rings is 1. The van der Waals surface area contributed by atoms with Crippen LogP contribution < -0.4 is 0 Å². The zero-order chi connectivity index (χ0) is 16.3. The fourth-order valence-corrected chi connectivity index (χ4v) is 2.80. The molecule has 1 aliphatic rings. The highest BCUT2D eigenvalue weighted by atomic mass is 32.1. The predicted molar refractivity (Wildman–Crippen MR) is 92.1 cm³/mol. The Hall–Kier alpha value is -1.62. The van der Waals surface area contributed by atoms with Crippen molar-refractivity contribution >= 4 is 23.3 Å². The molecule has 1 heterocycles. The topological polar surface area (TPSA) is 32.8 Å². The molecule has 1 aromatic rings. The normalized spacial score (nSPS) is 19.0. The average Bonchev–Trinajstić information content (AvgIpc) is 2.45. The second-order valence-corrected chi connectivity index (χ2v) is 7.03. The molecule has 1 aromatic carbocycles. The summed E-state index contributed by atoms with van der Waals surface area (Å²) in [6.07, 6.45) is -0.245. The lowest BCUT2D eigenvalue weighted by molar-refractivity contribution is 0.00795. The molecule has 0 spiro atoms. The molecule has 120 valence electrons. The van der Waals surface area contributed by atoms with Gasteiger partial charge in [-0.15, -0.1) is 0 Å². The monoisotopic (exact) mass is 320 g/mol. The van der Waals surface area contributed by atoms with Crippen LogP contribution in [-0.2, 0) is 4.74 Å². The van der Waals surface area contributed by atoms with E-state index < -0.39 is 5.60 Å². The highest BCUT2D eigenvalue weighted by Gasteiger charge is 2.31.